The summed E-state index contributed by atoms with van der Waals surface area (Å²) < 4.78 is 6.80. The lowest BCUT2D eigenvalue weighted by atomic mass is 9.95. The zero-order chi connectivity index (χ0) is 32.2. The van der Waals surface area contributed by atoms with E-state index in [1.54, 1.807) is 36.4 Å². The summed E-state index contributed by atoms with van der Waals surface area (Å²) in [6.07, 6.45) is 3.92. The number of allylic oxidation sites excluding steroid dienone is 5. The molecule has 0 atom stereocenters. The molecule has 9 nitrogen and oxygen atoms in total. The number of rotatable bonds is 12. The maximum absolute atomic E-state index is 10.2. The van der Waals surface area contributed by atoms with E-state index >= 15 is 0 Å². The van der Waals surface area contributed by atoms with Gasteiger partial charge in [0.2, 0.25) is 5.88 Å². The predicted octanol–water partition coefficient (Wildman–Crippen LogP) is 5.39. The van der Waals surface area contributed by atoms with Gasteiger partial charge < -0.3 is 24.3 Å². The molecule has 0 amide bonds. The largest absolute Gasteiger partial charge is 0.439 e. The van der Waals surface area contributed by atoms with Crippen molar-refractivity contribution in [3.63, 3.8) is 0 Å². The Morgan fingerprint density at radius 2 is 1.64 bits per heavy atom. The summed E-state index contributed by atoms with van der Waals surface area (Å²) >= 11 is 0. The number of ether oxygens (including phenoxy) is 1. The van der Waals surface area contributed by atoms with E-state index in [1.165, 1.54) is 0 Å². The van der Waals surface area contributed by atoms with Gasteiger partial charge in [-0.2, -0.15) is 10.5 Å². The molecule has 0 spiro atoms. The number of nitrogens with zero attached hydrogens (tertiary/aromatic N) is 6. The van der Waals surface area contributed by atoms with Gasteiger partial charge in [-0.3, -0.25) is 0 Å². The van der Waals surface area contributed by atoms with Crippen LogP contribution in [0.1, 0.15) is 17.5 Å². The number of fused-ring (bicyclic) bond motifs is 1. The smallest absolute Gasteiger partial charge is 0.270 e. The molecule has 45 heavy (non-hydrogen) atoms. The summed E-state index contributed by atoms with van der Waals surface area (Å²) in [5.74, 6) is 1.12. The van der Waals surface area contributed by atoms with Crippen LogP contribution in [0.15, 0.2) is 102 Å². The van der Waals surface area contributed by atoms with Gasteiger partial charge in [0.25, 0.3) is 5.70 Å². The average Bonchev–Trinajstić information content (AvgIpc) is 3.41. The number of aliphatic hydroxyl groups excluding tert-OH is 2. The fourth-order valence-electron chi connectivity index (χ4n) is 5.29. The summed E-state index contributed by atoms with van der Waals surface area (Å²) in [6, 6.07) is 28.4. The fraction of sp³-hybridized carbons (Fsp3) is 0.222. The second-order valence-corrected chi connectivity index (χ2v) is 10.7. The van der Waals surface area contributed by atoms with E-state index in [-0.39, 0.29) is 30.1 Å². The number of hydrogen-bond acceptors (Lipinski definition) is 7. The Labute approximate surface area is 263 Å². The minimum atomic E-state index is -0.240. The van der Waals surface area contributed by atoms with Gasteiger partial charge in [0, 0.05) is 24.6 Å². The second-order valence-electron chi connectivity index (χ2n) is 10.7. The van der Waals surface area contributed by atoms with E-state index in [2.05, 4.69) is 17.0 Å². The van der Waals surface area contributed by atoms with Crippen molar-refractivity contribution in [1.82, 2.24) is 0 Å². The van der Waals surface area contributed by atoms with Crippen molar-refractivity contribution in [3.8, 4) is 35.1 Å². The normalized spacial score (nSPS) is 14.0. The summed E-state index contributed by atoms with van der Waals surface area (Å²) in [5, 5.41) is 48.3. The molecule has 0 radical (unpaired) electrons. The first kappa shape index (κ1) is 32.2. The standard InChI is InChI=1S/C36H33N6O3/c1-40-32(26-39)36(29-11-9-27(24-37)10-12-29)31(25-38)14-16-35-41(17-6-18-42(2,19-21-43)20-22-44)33-23-30(13-15-34(33)45-35)28-7-4-3-5-8-28/h3-5,7-16,23,43-44H,6,17-22H2,2H3/q+1. The second kappa shape index (κ2) is 15.2. The Kier molecular flexibility index (Phi) is 10.9. The van der Waals surface area contributed by atoms with Crippen LogP contribution >= 0.6 is 0 Å². The zero-order valence-corrected chi connectivity index (χ0v) is 25.0. The highest BCUT2D eigenvalue weighted by atomic mass is 16.5. The van der Waals surface area contributed by atoms with Crippen LogP contribution in [0.3, 0.4) is 0 Å². The Morgan fingerprint density at radius 3 is 2.24 bits per heavy atom. The van der Waals surface area contributed by atoms with E-state index in [1.807, 2.05) is 66.6 Å². The maximum atomic E-state index is 10.2. The van der Waals surface area contributed by atoms with Gasteiger partial charge in [0.1, 0.15) is 13.1 Å². The molecule has 0 saturated heterocycles. The Hall–Kier alpha value is -5.68. The molecule has 3 aromatic rings. The minimum Gasteiger partial charge on any atom is -0.439 e. The molecule has 0 fully saturated rings. The van der Waals surface area contributed by atoms with Crippen LogP contribution in [0.25, 0.3) is 21.5 Å². The lowest BCUT2D eigenvalue weighted by Crippen LogP contribution is -2.49. The van der Waals surface area contributed by atoms with Crippen molar-refractivity contribution >= 4 is 11.3 Å². The lowest BCUT2D eigenvalue weighted by Gasteiger charge is -2.34. The van der Waals surface area contributed by atoms with Crippen LogP contribution in [-0.2, 0) is 0 Å². The number of aliphatic hydroxyl groups is 2. The van der Waals surface area contributed by atoms with Crippen LogP contribution in [0.5, 0.6) is 5.75 Å². The third-order valence-electron chi connectivity index (χ3n) is 7.74. The number of quaternary nitrogens is 1. The van der Waals surface area contributed by atoms with Gasteiger partial charge in [0.15, 0.2) is 5.75 Å². The highest BCUT2D eigenvalue weighted by molar-refractivity contribution is 5.88. The van der Waals surface area contributed by atoms with Crippen molar-refractivity contribution in [2.24, 2.45) is 0 Å². The maximum Gasteiger partial charge on any atom is 0.270 e. The minimum absolute atomic E-state index is 0.0177. The number of likely N-dealkylation sites (N-methyl/N-ethyl adjacent to an activating group) is 1. The molecular weight excluding hydrogens is 564 g/mol. The molecule has 224 valence electrons. The first-order valence-corrected chi connectivity index (χ1v) is 14.4. The quantitative estimate of drug-likeness (QED) is 0.124. The molecular formula is C36H33N6O3+. The van der Waals surface area contributed by atoms with Crippen LogP contribution in [0.4, 0.5) is 5.69 Å². The van der Waals surface area contributed by atoms with Crippen LogP contribution < -0.4 is 9.64 Å². The van der Waals surface area contributed by atoms with Gasteiger partial charge in [-0.25, -0.2) is 10.1 Å². The van der Waals surface area contributed by atoms with Crippen molar-refractivity contribution in [2.45, 2.75) is 6.42 Å². The molecule has 0 aliphatic carbocycles. The van der Waals surface area contributed by atoms with E-state index in [0.717, 1.165) is 16.8 Å². The molecule has 2 N–H and O–H groups in total. The number of nitriles is 3. The molecule has 0 unspecified atom stereocenters. The molecule has 1 aliphatic rings. The molecule has 1 heterocycles. The van der Waals surface area contributed by atoms with Gasteiger partial charge >= 0.3 is 0 Å². The molecule has 0 bridgehead atoms. The first-order chi connectivity index (χ1) is 21.9. The Balaban J connectivity index is 1.75. The highest BCUT2D eigenvalue weighted by Crippen LogP contribution is 2.42. The number of anilines is 1. The van der Waals surface area contributed by atoms with Gasteiger partial charge in [-0.05, 0) is 47.0 Å². The van der Waals surface area contributed by atoms with Gasteiger partial charge in [-0.15, -0.1) is 0 Å². The van der Waals surface area contributed by atoms with Crippen LogP contribution in [-0.4, -0.2) is 61.1 Å². The lowest BCUT2D eigenvalue weighted by molar-refractivity contribution is -0.910. The molecule has 9 heteroatoms. The fourth-order valence-corrected chi connectivity index (χ4v) is 5.29. The SMILES string of the molecule is [C-]#[N+]C(C#N)=C(C(C#N)=CC=C1Oc2ccc(-c3ccccc3)cc2N1CCC[N+](C)(CCO)CCO)c1ccc(C#N)cc1. The monoisotopic (exact) mass is 597 g/mol. The zero-order valence-electron chi connectivity index (χ0n) is 25.0. The molecule has 1 aliphatic heterocycles. The predicted molar refractivity (Wildman–Crippen MR) is 171 cm³/mol. The summed E-state index contributed by atoms with van der Waals surface area (Å²) in [5.41, 5.74) is 3.84. The van der Waals surface area contributed by atoms with E-state index < -0.39 is 0 Å². The average molecular weight is 598 g/mol. The van der Waals surface area contributed by atoms with Crippen molar-refractivity contribution < 1.29 is 19.4 Å². The van der Waals surface area contributed by atoms with E-state index in [4.69, 9.17) is 11.3 Å². The third kappa shape index (κ3) is 7.64. The van der Waals surface area contributed by atoms with Crippen molar-refractivity contribution in [1.29, 1.82) is 15.8 Å². The van der Waals surface area contributed by atoms with E-state index in [0.29, 0.717) is 59.8 Å². The highest BCUT2D eigenvalue weighted by Gasteiger charge is 2.28. The van der Waals surface area contributed by atoms with Crippen LogP contribution in [0, 0.1) is 40.6 Å². The van der Waals surface area contributed by atoms with Crippen molar-refractivity contribution in [3.05, 3.63) is 125 Å². The number of benzene rings is 3. The molecule has 3 aromatic carbocycles. The summed E-state index contributed by atoms with van der Waals surface area (Å²) in [7, 11) is 2.01. The van der Waals surface area contributed by atoms with Gasteiger partial charge in [0.05, 0.1) is 68.4 Å². The first-order valence-electron chi connectivity index (χ1n) is 14.4. The van der Waals surface area contributed by atoms with Crippen LogP contribution in [0.2, 0.25) is 0 Å². The summed E-state index contributed by atoms with van der Waals surface area (Å²) in [4.78, 5) is 5.39. The molecule has 4 rings (SSSR count). The molecule has 0 saturated carbocycles. The van der Waals surface area contributed by atoms with Crippen molar-refractivity contribution in [2.75, 3.05) is 51.3 Å². The van der Waals surface area contributed by atoms with Gasteiger partial charge in [-0.1, -0.05) is 48.5 Å². The molecule has 0 aromatic heterocycles. The van der Waals surface area contributed by atoms with E-state index in [9.17, 15) is 26.0 Å². The Morgan fingerprint density at radius 1 is 0.933 bits per heavy atom. The third-order valence-corrected chi connectivity index (χ3v) is 7.74. The number of hydrogen-bond donors (Lipinski definition) is 2. The topological polar surface area (TPSA) is 129 Å². The Bertz CT molecular complexity index is 1760. The summed E-state index contributed by atoms with van der Waals surface area (Å²) in [6.45, 7) is 9.90.